The molecule has 0 radical (unpaired) electrons. The highest BCUT2D eigenvalue weighted by Crippen LogP contribution is 2.26. The van der Waals surface area contributed by atoms with Crippen molar-refractivity contribution >= 4 is 15.9 Å². The van der Waals surface area contributed by atoms with Crippen molar-refractivity contribution in [2.75, 3.05) is 7.05 Å². The molecular formula is C9H12BrNO2. The maximum absolute atomic E-state index is 9.31. The standard InChI is InChI=1S/C9H12BrNO2/c1-6-3-8(12)4-7(9(6)10)5-11(2)13/h3-4,12-13H,5H2,1-2H3. The van der Waals surface area contributed by atoms with Gasteiger partial charge in [0.05, 0.1) is 0 Å². The quantitative estimate of drug-likeness (QED) is 0.787. The molecule has 3 nitrogen and oxygen atoms in total. The predicted molar refractivity (Wildman–Crippen MR) is 53.8 cm³/mol. The van der Waals surface area contributed by atoms with E-state index < -0.39 is 0 Å². The summed E-state index contributed by atoms with van der Waals surface area (Å²) >= 11 is 3.39. The fourth-order valence-electron chi connectivity index (χ4n) is 1.18. The van der Waals surface area contributed by atoms with Crippen molar-refractivity contribution in [1.82, 2.24) is 5.06 Å². The Labute approximate surface area is 85.7 Å². The van der Waals surface area contributed by atoms with Gasteiger partial charge in [-0.1, -0.05) is 15.9 Å². The van der Waals surface area contributed by atoms with Gasteiger partial charge in [-0.15, -0.1) is 0 Å². The van der Waals surface area contributed by atoms with Crippen molar-refractivity contribution in [2.45, 2.75) is 13.5 Å². The lowest BCUT2D eigenvalue weighted by Crippen LogP contribution is -2.12. The number of hydrogen-bond donors (Lipinski definition) is 2. The van der Waals surface area contributed by atoms with Crippen LogP contribution in [0.1, 0.15) is 11.1 Å². The maximum atomic E-state index is 9.31. The zero-order valence-electron chi connectivity index (χ0n) is 7.58. The fourth-order valence-corrected chi connectivity index (χ4v) is 1.54. The molecule has 1 rings (SSSR count). The normalized spacial score (nSPS) is 10.8. The summed E-state index contributed by atoms with van der Waals surface area (Å²) in [6.07, 6.45) is 0. The molecule has 13 heavy (non-hydrogen) atoms. The number of hydrogen-bond acceptors (Lipinski definition) is 3. The Kier molecular flexibility index (Phi) is 3.30. The van der Waals surface area contributed by atoms with Gasteiger partial charge < -0.3 is 10.3 Å². The molecule has 0 unspecified atom stereocenters. The van der Waals surface area contributed by atoms with Crippen LogP contribution in [0.15, 0.2) is 16.6 Å². The number of benzene rings is 1. The van der Waals surface area contributed by atoms with Crippen LogP contribution in [0.5, 0.6) is 5.75 Å². The monoisotopic (exact) mass is 245 g/mol. The number of aryl methyl sites for hydroxylation is 1. The molecule has 0 saturated carbocycles. The molecule has 1 aromatic rings. The van der Waals surface area contributed by atoms with E-state index in [0.29, 0.717) is 6.54 Å². The van der Waals surface area contributed by atoms with Gasteiger partial charge in [0.2, 0.25) is 0 Å². The highest BCUT2D eigenvalue weighted by atomic mass is 79.9. The smallest absolute Gasteiger partial charge is 0.116 e. The topological polar surface area (TPSA) is 43.7 Å². The van der Waals surface area contributed by atoms with Crippen LogP contribution in [0.4, 0.5) is 0 Å². The van der Waals surface area contributed by atoms with Crippen LogP contribution in [0.25, 0.3) is 0 Å². The van der Waals surface area contributed by atoms with Crippen molar-refractivity contribution < 1.29 is 10.3 Å². The van der Waals surface area contributed by atoms with Crippen LogP contribution in [-0.4, -0.2) is 22.4 Å². The second-order valence-electron chi connectivity index (χ2n) is 3.05. The molecule has 0 fully saturated rings. The molecule has 0 aliphatic carbocycles. The molecule has 4 heteroatoms. The first-order valence-corrected chi connectivity index (χ1v) is 4.68. The van der Waals surface area contributed by atoms with E-state index in [0.717, 1.165) is 20.7 Å². The van der Waals surface area contributed by atoms with Gasteiger partial charge in [-0.3, -0.25) is 0 Å². The number of phenolic OH excluding ortho intramolecular Hbond substituents is 1. The van der Waals surface area contributed by atoms with Gasteiger partial charge in [-0.2, -0.15) is 5.06 Å². The Morgan fingerprint density at radius 3 is 2.62 bits per heavy atom. The molecule has 1 aromatic carbocycles. The molecule has 0 atom stereocenters. The van der Waals surface area contributed by atoms with Gasteiger partial charge >= 0.3 is 0 Å². The first-order valence-electron chi connectivity index (χ1n) is 3.88. The molecular weight excluding hydrogens is 234 g/mol. The summed E-state index contributed by atoms with van der Waals surface area (Å²) in [4.78, 5) is 0. The van der Waals surface area contributed by atoms with Crippen LogP contribution >= 0.6 is 15.9 Å². The molecule has 0 bridgehead atoms. The summed E-state index contributed by atoms with van der Waals surface area (Å²) in [5.41, 5.74) is 1.82. The average Bonchev–Trinajstić information content (AvgIpc) is 1.98. The minimum absolute atomic E-state index is 0.220. The molecule has 0 spiro atoms. The minimum Gasteiger partial charge on any atom is -0.508 e. The predicted octanol–water partition coefficient (Wildman–Crippen LogP) is 2.28. The Balaban J connectivity index is 3.05. The molecule has 72 valence electrons. The molecule has 2 N–H and O–H groups in total. The summed E-state index contributed by atoms with van der Waals surface area (Å²) in [5.74, 6) is 0.220. The summed E-state index contributed by atoms with van der Waals surface area (Å²) in [6, 6.07) is 3.30. The fraction of sp³-hybridized carbons (Fsp3) is 0.333. The summed E-state index contributed by atoms with van der Waals surface area (Å²) in [5, 5.41) is 19.4. The van der Waals surface area contributed by atoms with Gasteiger partial charge in [0, 0.05) is 18.1 Å². The molecule has 0 aliphatic heterocycles. The Morgan fingerprint density at radius 1 is 1.46 bits per heavy atom. The third-order valence-electron chi connectivity index (χ3n) is 1.71. The van der Waals surface area contributed by atoms with E-state index in [9.17, 15) is 5.11 Å². The Morgan fingerprint density at radius 2 is 2.08 bits per heavy atom. The SMILES string of the molecule is Cc1cc(O)cc(CN(C)O)c1Br. The highest BCUT2D eigenvalue weighted by molar-refractivity contribution is 9.10. The van der Waals surface area contributed by atoms with Gasteiger partial charge in [-0.05, 0) is 30.2 Å². The number of nitrogens with zero attached hydrogens (tertiary/aromatic N) is 1. The summed E-state index contributed by atoms with van der Waals surface area (Å²) in [7, 11) is 1.56. The first-order chi connectivity index (χ1) is 6.00. The summed E-state index contributed by atoms with van der Waals surface area (Å²) < 4.78 is 0.922. The van der Waals surface area contributed by atoms with Gasteiger partial charge in [-0.25, -0.2) is 0 Å². The van der Waals surface area contributed by atoms with Crippen molar-refractivity contribution in [2.24, 2.45) is 0 Å². The molecule has 0 heterocycles. The maximum Gasteiger partial charge on any atom is 0.116 e. The van der Waals surface area contributed by atoms with Gasteiger partial charge in [0.15, 0.2) is 0 Å². The molecule has 0 saturated heterocycles. The second kappa shape index (κ2) is 4.09. The third kappa shape index (κ3) is 2.69. The average molecular weight is 246 g/mol. The first kappa shape index (κ1) is 10.5. The largest absolute Gasteiger partial charge is 0.508 e. The molecule has 0 aliphatic rings. The lowest BCUT2D eigenvalue weighted by atomic mass is 10.1. The van der Waals surface area contributed by atoms with E-state index in [1.807, 2.05) is 6.92 Å². The third-order valence-corrected chi connectivity index (χ3v) is 2.85. The number of halogens is 1. The number of phenols is 1. The summed E-state index contributed by atoms with van der Waals surface area (Å²) in [6.45, 7) is 2.28. The zero-order chi connectivity index (χ0) is 10.0. The Hall–Kier alpha value is -0.580. The highest BCUT2D eigenvalue weighted by Gasteiger charge is 2.06. The second-order valence-corrected chi connectivity index (χ2v) is 3.84. The van der Waals surface area contributed by atoms with Crippen LogP contribution in [0, 0.1) is 6.92 Å². The number of hydroxylamine groups is 2. The Bertz CT molecular complexity index is 313. The van der Waals surface area contributed by atoms with Crippen LogP contribution in [0.3, 0.4) is 0 Å². The van der Waals surface area contributed by atoms with E-state index in [1.165, 1.54) is 0 Å². The van der Waals surface area contributed by atoms with E-state index in [-0.39, 0.29) is 5.75 Å². The molecule has 0 aromatic heterocycles. The van der Waals surface area contributed by atoms with Gasteiger partial charge in [0.1, 0.15) is 5.75 Å². The van der Waals surface area contributed by atoms with E-state index in [1.54, 1.807) is 19.2 Å². The van der Waals surface area contributed by atoms with Crippen molar-refractivity contribution in [3.8, 4) is 5.75 Å². The number of rotatable bonds is 2. The zero-order valence-corrected chi connectivity index (χ0v) is 9.17. The van der Waals surface area contributed by atoms with Crippen LogP contribution < -0.4 is 0 Å². The lowest BCUT2D eigenvalue weighted by molar-refractivity contribution is -0.0733. The van der Waals surface area contributed by atoms with Crippen LogP contribution in [-0.2, 0) is 6.54 Å². The van der Waals surface area contributed by atoms with E-state index in [4.69, 9.17) is 5.21 Å². The lowest BCUT2D eigenvalue weighted by Gasteiger charge is -2.11. The van der Waals surface area contributed by atoms with Crippen LogP contribution in [0.2, 0.25) is 0 Å². The van der Waals surface area contributed by atoms with E-state index >= 15 is 0 Å². The van der Waals surface area contributed by atoms with Crippen molar-refractivity contribution in [3.05, 3.63) is 27.7 Å². The van der Waals surface area contributed by atoms with Crippen molar-refractivity contribution in [3.63, 3.8) is 0 Å². The number of aromatic hydroxyl groups is 1. The minimum atomic E-state index is 0.220. The van der Waals surface area contributed by atoms with E-state index in [2.05, 4.69) is 15.9 Å². The van der Waals surface area contributed by atoms with Gasteiger partial charge in [0.25, 0.3) is 0 Å². The molecule has 0 amide bonds. The van der Waals surface area contributed by atoms with Crippen molar-refractivity contribution in [1.29, 1.82) is 0 Å².